The van der Waals surface area contributed by atoms with E-state index in [4.69, 9.17) is 0 Å². The number of hydrogen-bond acceptors (Lipinski definition) is 3. The summed E-state index contributed by atoms with van der Waals surface area (Å²) in [6, 6.07) is 2.56. The van der Waals surface area contributed by atoms with Crippen molar-refractivity contribution in [2.24, 2.45) is 5.92 Å². The molecule has 0 aromatic heterocycles. The SMILES string of the molecule is CN1CCC(NC2CCCCCC2C#N)C1=O. The molecule has 1 aliphatic carbocycles. The van der Waals surface area contributed by atoms with E-state index >= 15 is 0 Å². The van der Waals surface area contributed by atoms with Crippen LogP contribution in [0.3, 0.4) is 0 Å². The van der Waals surface area contributed by atoms with Gasteiger partial charge in [0.1, 0.15) is 0 Å². The second-order valence-corrected chi connectivity index (χ2v) is 5.25. The van der Waals surface area contributed by atoms with Crippen LogP contribution in [0.1, 0.15) is 38.5 Å². The Morgan fingerprint density at radius 3 is 2.71 bits per heavy atom. The number of nitriles is 1. The van der Waals surface area contributed by atoms with Crippen molar-refractivity contribution in [2.45, 2.75) is 50.6 Å². The second kappa shape index (κ2) is 5.50. The summed E-state index contributed by atoms with van der Waals surface area (Å²) < 4.78 is 0. The normalized spacial score (nSPS) is 34.5. The smallest absolute Gasteiger partial charge is 0.239 e. The molecule has 2 aliphatic rings. The molecule has 1 heterocycles. The van der Waals surface area contributed by atoms with Crippen LogP contribution >= 0.6 is 0 Å². The number of nitrogens with zero attached hydrogens (tertiary/aromatic N) is 2. The Hall–Kier alpha value is -1.08. The number of likely N-dealkylation sites (tertiary alicyclic amines) is 1. The average molecular weight is 235 g/mol. The number of carbonyl (C=O) groups is 1. The zero-order valence-corrected chi connectivity index (χ0v) is 10.5. The number of amides is 1. The molecule has 0 radical (unpaired) electrons. The second-order valence-electron chi connectivity index (χ2n) is 5.25. The summed E-state index contributed by atoms with van der Waals surface area (Å²) in [6.07, 6.45) is 6.43. The summed E-state index contributed by atoms with van der Waals surface area (Å²) in [4.78, 5) is 13.6. The third-order valence-corrected chi connectivity index (χ3v) is 4.02. The van der Waals surface area contributed by atoms with Crippen LogP contribution in [-0.4, -0.2) is 36.5 Å². The van der Waals surface area contributed by atoms with Crippen LogP contribution in [0.4, 0.5) is 0 Å². The van der Waals surface area contributed by atoms with Crippen molar-refractivity contribution < 1.29 is 4.79 Å². The molecule has 1 saturated heterocycles. The van der Waals surface area contributed by atoms with Crippen molar-refractivity contribution in [3.05, 3.63) is 0 Å². The first-order chi connectivity index (χ1) is 8.22. The standard InChI is InChI=1S/C13H21N3O/c1-16-8-7-12(13(16)17)15-11-6-4-2-3-5-10(11)9-14/h10-12,15H,2-8H2,1H3. The van der Waals surface area contributed by atoms with E-state index in [1.54, 1.807) is 4.90 Å². The van der Waals surface area contributed by atoms with Crippen LogP contribution < -0.4 is 5.32 Å². The lowest BCUT2D eigenvalue weighted by atomic mass is 9.95. The van der Waals surface area contributed by atoms with E-state index in [0.29, 0.717) is 0 Å². The highest BCUT2D eigenvalue weighted by molar-refractivity contribution is 5.83. The van der Waals surface area contributed by atoms with E-state index < -0.39 is 0 Å². The van der Waals surface area contributed by atoms with Crippen LogP contribution in [0.15, 0.2) is 0 Å². The summed E-state index contributed by atoms with van der Waals surface area (Å²) in [5.41, 5.74) is 0. The number of carbonyl (C=O) groups excluding carboxylic acids is 1. The molecule has 1 amide bonds. The Kier molecular flexibility index (Phi) is 4.01. The van der Waals surface area contributed by atoms with E-state index in [1.807, 2.05) is 7.05 Å². The maximum absolute atomic E-state index is 11.8. The maximum Gasteiger partial charge on any atom is 0.239 e. The van der Waals surface area contributed by atoms with E-state index in [0.717, 1.165) is 32.2 Å². The predicted octanol–water partition coefficient (Wildman–Crippen LogP) is 1.28. The van der Waals surface area contributed by atoms with Gasteiger partial charge in [-0.05, 0) is 19.3 Å². The molecule has 17 heavy (non-hydrogen) atoms. The van der Waals surface area contributed by atoms with Gasteiger partial charge in [0, 0.05) is 19.6 Å². The molecule has 0 aromatic rings. The van der Waals surface area contributed by atoms with Crippen LogP contribution in [0.2, 0.25) is 0 Å². The van der Waals surface area contributed by atoms with Gasteiger partial charge in [0.2, 0.25) is 5.91 Å². The van der Waals surface area contributed by atoms with Crippen LogP contribution in [0.25, 0.3) is 0 Å². The first-order valence-electron chi connectivity index (χ1n) is 6.63. The first kappa shape index (κ1) is 12.4. The van der Waals surface area contributed by atoms with Gasteiger partial charge in [0.25, 0.3) is 0 Å². The molecule has 4 heteroatoms. The minimum atomic E-state index is -0.0565. The summed E-state index contributed by atoms with van der Waals surface area (Å²) in [6.45, 7) is 0.834. The molecule has 1 N–H and O–H groups in total. The van der Waals surface area contributed by atoms with Gasteiger partial charge in [0.05, 0.1) is 18.0 Å². The Morgan fingerprint density at radius 2 is 2.06 bits per heavy atom. The zero-order valence-electron chi connectivity index (χ0n) is 10.5. The third-order valence-electron chi connectivity index (χ3n) is 4.02. The molecule has 0 bridgehead atoms. The number of likely N-dealkylation sites (N-methyl/N-ethyl adjacent to an activating group) is 1. The Labute approximate surface area is 103 Å². The summed E-state index contributed by atoms with van der Waals surface area (Å²) in [5, 5.41) is 12.6. The first-order valence-corrected chi connectivity index (χ1v) is 6.63. The van der Waals surface area contributed by atoms with Crippen molar-refractivity contribution in [1.82, 2.24) is 10.2 Å². The largest absolute Gasteiger partial charge is 0.344 e. The maximum atomic E-state index is 11.8. The predicted molar refractivity (Wildman–Crippen MR) is 65.2 cm³/mol. The van der Waals surface area contributed by atoms with Crippen molar-refractivity contribution >= 4 is 5.91 Å². The molecule has 1 aliphatic heterocycles. The molecule has 2 rings (SSSR count). The molecular formula is C13H21N3O. The number of nitrogens with one attached hydrogen (secondary N) is 1. The highest BCUT2D eigenvalue weighted by Gasteiger charge is 2.33. The van der Waals surface area contributed by atoms with Gasteiger partial charge < -0.3 is 10.2 Å². The van der Waals surface area contributed by atoms with E-state index in [1.165, 1.54) is 12.8 Å². The van der Waals surface area contributed by atoms with E-state index in [9.17, 15) is 10.1 Å². The fourth-order valence-corrected chi connectivity index (χ4v) is 2.90. The van der Waals surface area contributed by atoms with Gasteiger partial charge in [-0.3, -0.25) is 4.79 Å². The lowest BCUT2D eigenvalue weighted by Crippen LogP contribution is -2.45. The molecule has 1 saturated carbocycles. The van der Waals surface area contributed by atoms with Gasteiger partial charge in [-0.25, -0.2) is 0 Å². The van der Waals surface area contributed by atoms with Crippen molar-refractivity contribution in [1.29, 1.82) is 5.26 Å². The fraction of sp³-hybridized carbons (Fsp3) is 0.846. The van der Waals surface area contributed by atoms with Gasteiger partial charge in [-0.1, -0.05) is 19.3 Å². The van der Waals surface area contributed by atoms with Crippen molar-refractivity contribution in [3.63, 3.8) is 0 Å². The van der Waals surface area contributed by atoms with Crippen molar-refractivity contribution in [3.8, 4) is 6.07 Å². The zero-order chi connectivity index (χ0) is 12.3. The minimum absolute atomic E-state index is 0.0565. The molecular weight excluding hydrogens is 214 g/mol. The van der Waals surface area contributed by atoms with E-state index in [2.05, 4.69) is 11.4 Å². The summed E-state index contributed by atoms with van der Waals surface area (Å²) in [5.74, 6) is 0.266. The van der Waals surface area contributed by atoms with Gasteiger partial charge in [-0.2, -0.15) is 5.26 Å². The van der Waals surface area contributed by atoms with Crippen molar-refractivity contribution in [2.75, 3.05) is 13.6 Å². The fourth-order valence-electron chi connectivity index (χ4n) is 2.90. The molecule has 94 valence electrons. The van der Waals surface area contributed by atoms with Crippen LogP contribution in [0, 0.1) is 17.2 Å². The number of hydrogen-bond donors (Lipinski definition) is 1. The summed E-state index contributed by atoms with van der Waals surface area (Å²) in [7, 11) is 1.85. The molecule has 3 atom stereocenters. The Morgan fingerprint density at radius 1 is 1.29 bits per heavy atom. The minimum Gasteiger partial charge on any atom is -0.344 e. The molecule has 4 nitrogen and oxygen atoms in total. The molecule has 2 fully saturated rings. The van der Waals surface area contributed by atoms with E-state index in [-0.39, 0.29) is 23.9 Å². The molecule has 0 spiro atoms. The number of rotatable bonds is 2. The Balaban J connectivity index is 1.96. The summed E-state index contributed by atoms with van der Waals surface area (Å²) >= 11 is 0. The third kappa shape index (κ3) is 2.78. The Bertz CT molecular complexity index is 323. The van der Waals surface area contributed by atoms with Crippen LogP contribution in [0.5, 0.6) is 0 Å². The quantitative estimate of drug-likeness (QED) is 0.734. The van der Waals surface area contributed by atoms with Gasteiger partial charge >= 0.3 is 0 Å². The highest BCUT2D eigenvalue weighted by atomic mass is 16.2. The van der Waals surface area contributed by atoms with Gasteiger partial charge in [0.15, 0.2) is 0 Å². The highest BCUT2D eigenvalue weighted by Crippen LogP contribution is 2.24. The topological polar surface area (TPSA) is 56.1 Å². The lowest BCUT2D eigenvalue weighted by Gasteiger charge is -2.24. The monoisotopic (exact) mass is 235 g/mol. The average Bonchev–Trinajstić information content (AvgIpc) is 2.57. The lowest BCUT2D eigenvalue weighted by molar-refractivity contribution is -0.128. The molecule has 0 aromatic carbocycles. The van der Waals surface area contributed by atoms with Crippen LogP contribution in [-0.2, 0) is 4.79 Å². The van der Waals surface area contributed by atoms with Gasteiger partial charge in [-0.15, -0.1) is 0 Å². The molecule has 3 unspecified atom stereocenters.